The first-order chi connectivity index (χ1) is 12.5. The summed E-state index contributed by atoms with van der Waals surface area (Å²) in [6.07, 6.45) is 3.20. The molecule has 26 heavy (non-hydrogen) atoms. The normalized spacial score (nSPS) is 28.0. The minimum atomic E-state index is -0.863. The molecule has 3 amide bonds. The van der Waals surface area contributed by atoms with Crippen LogP contribution in [-0.4, -0.2) is 58.7 Å². The van der Waals surface area contributed by atoms with Gasteiger partial charge in [-0.3, -0.25) is 19.3 Å². The summed E-state index contributed by atoms with van der Waals surface area (Å²) in [5, 5.41) is 0. The number of hydrogen-bond donors (Lipinski definition) is 0. The van der Waals surface area contributed by atoms with E-state index in [1.165, 1.54) is 7.11 Å². The van der Waals surface area contributed by atoms with Crippen LogP contribution in [0.4, 0.5) is 0 Å². The van der Waals surface area contributed by atoms with Gasteiger partial charge in [-0.2, -0.15) is 0 Å². The highest BCUT2D eigenvalue weighted by atomic mass is 16.5. The number of benzene rings is 1. The van der Waals surface area contributed by atoms with Gasteiger partial charge >= 0.3 is 5.97 Å². The van der Waals surface area contributed by atoms with Crippen molar-refractivity contribution in [1.82, 2.24) is 9.80 Å². The van der Waals surface area contributed by atoms with Crippen molar-refractivity contribution in [1.29, 1.82) is 0 Å². The number of hydrogen-bond acceptors (Lipinski definition) is 5. The van der Waals surface area contributed by atoms with Gasteiger partial charge in [0.05, 0.1) is 18.2 Å². The van der Waals surface area contributed by atoms with Crippen LogP contribution < -0.4 is 0 Å². The standard InChI is InChI=1S/C19H20N2O5/c1-26-19(25)15-10-9-11-5-4-8-14(18(24)20(11)15)21-16(22)12-6-2-3-7-13(12)17(21)23/h2-3,6-7,11,14-15H,4-5,8-10H2,1H3/t11-,14-,15-/m0/s1. The van der Waals surface area contributed by atoms with Crippen LogP contribution in [0.25, 0.3) is 0 Å². The molecule has 0 unspecified atom stereocenters. The fraction of sp³-hybridized carbons (Fsp3) is 0.474. The topological polar surface area (TPSA) is 84.0 Å². The van der Waals surface area contributed by atoms with Gasteiger partial charge in [-0.25, -0.2) is 4.79 Å². The Bertz CT molecular complexity index is 770. The Morgan fingerprint density at radius 2 is 1.65 bits per heavy atom. The molecule has 7 nitrogen and oxygen atoms in total. The molecule has 1 aromatic rings. The molecule has 2 fully saturated rings. The quantitative estimate of drug-likeness (QED) is 0.590. The number of rotatable bonds is 2. The summed E-state index contributed by atoms with van der Waals surface area (Å²) in [5.74, 6) is -1.63. The van der Waals surface area contributed by atoms with E-state index in [4.69, 9.17) is 4.74 Å². The Morgan fingerprint density at radius 3 is 2.27 bits per heavy atom. The van der Waals surface area contributed by atoms with Crippen molar-refractivity contribution in [2.45, 2.75) is 50.2 Å². The van der Waals surface area contributed by atoms with E-state index in [1.54, 1.807) is 29.2 Å². The predicted molar refractivity (Wildman–Crippen MR) is 90.3 cm³/mol. The number of methoxy groups -OCH3 is 1. The highest BCUT2D eigenvalue weighted by molar-refractivity contribution is 6.22. The largest absolute Gasteiger partial charge is 0.467 e. The van der Waals surface area contributed by atoms with Crippen molar-refractivity contribution < 1.29 is 23.9 Å². The second kappa shape index (κ2) is 6.23. The number of carbonyl (C=O) groups excluding carboxylic acids is 4. The average Bonchev–Trinajstić information content (AvgIpc) is 3.13. The van der Waals surface area contributed by atoms with Crippen molar-refractivity contribution >= 4 is 23.7 Å². The zero-order valence-electron chi connectivity index (χ0n) is 14.5. The summed E-state index contributed by atoms with van der Waals surface area (Å²) in [4.78, 5) is 53.5. The fourth-order valence-corrected chi connectivity index (χ4v) is 4.44. The maximum atomic E-state index is 13.3. The Balaban J connectivity index is 1.67. The van der Waals surface area contributed by atoms with Crippen molar-refractivity contribution in [2.24, 2.45) is 0 Å². The van der Waals surface area contributed by atoms with Crippen molar-refractivity contribution in [3.63, 3.8) is 0 Å². The van der Waals surface area contributed by atoms with Crippen LogP contribution in [0.5, 0.6) is 0 Å². The predicted octanol–water partition coefficient (Wildman–Crippen LogP) is 1.37. The first kappa shape index (κ1) is 16.8. The smallest absolute Gasteiger partial charge is 0.328 e. The molecule has 0 aromatic heterocycles. The van der Waals surface area contributed by atoms with Gasteiger partial charge in [-0.05, 0) is 44.2 Å². The van der Waals surface area contributed by atoms with Gasteiger partial charge in [0.25, 0.3) is 11.8 Å². The molecule has 0 bridgehead atoms. The lowest BCUT2D eigenvalue weighted by atomic mass is 10.1. The van der Waals surface area contributed by atoms with E-state index in [0.29, 0.717) is 24.0 Å². The number of carbonyl (C=O) groups is 4. The summed E-state index contributed by atoms with van der Waals surface area (Å²) < 4.78 is 4.85. The number of nitrogens with zero attached hydrogens (tertiary/aromatic N) is 2. The summed E-state index contributed by atoms with van der Waals surface area (Å²) in [6, 6.07) is 5.08. The molecular weight excluding hydrogens is 336 g/mol. The first-order valence-corrected chi connectivity index (χ1v) is 8.91. The van der Waals surface area contributed by atoms with Gasteiger partial charge in [0.15, 0.2) is 0 Å². The third-order valence-corrected chi connectivity index (χ3v) is 5.67. The van der Waals surface area contributed by atoms with Gasteiger partial charge in [0, 0.05) is 6.04 Å². The number of ether oxygens (including phenoxy) is 1. The van der Waals surface area contributed by atoms with Gasteiger partial charge in [0.2, 0.25) is 5.91 Å². The lowest BCUT2D eigenvalue weighted by Gasteiger charge is -2.32. The Labute approximate surface area is 150 Å². The van der Waals surface area contributed by atoms with E-state index < -0.39 is 29.9 Å². The molecular formula is C19H20N2O5. The summed E-state index contributed by atoms with van der Waals surface area (Å²) in [5.41, 5.74) is 0.661. The first-order valence-electron chi connectivity index (χ1n) is 8.91. The molecule has 136 valence electrons. The third kappa shape index (κ3) is 2.34. The van der Waals surface area contributed by atoms with Crippen molar-refractivity contribution in [3.05, 3.63) is 35.4 Å². The molecule has 1 aromatic carbocycles. The molecule has 0 spiro atoms. The fourth-order valence-electron chi connectivity index (χ4n) is 4.44. The van der Waals surface area contributed by atoms with E-state index in [0.717, 1.165) is 24.2 Å². The third-order valence-electron chi connectivity index (χ3n) is 5.67. The Kier molecular flexibility index (Phi) is 4.01. The van der Waals surface area contributed by atoms with Gasteiger partial charge in [-0.1, -0.05) is 12.1 Å². The van der Waals surface area contributed by atoms with Crippen LogP contribution in [0.3, 0.4) is 0 Å². The summed E-state index contributed by atoms with van der Waals surface area (Å²) in [6.45, 7) is 0. The van der Waals surface area contributed by atoms with Crippen LogP contribution in [0, 0.1) is 0 Å². The molecule has 2 saturated heterocycles. The molecule has 0 N–H and O–H groups in total. The van der Waals surface area contributed by atoms with Gasteiger partial charge in [0.1, 0.15) is 12.1 Å². The number of esters is 1. The molecule has 3 aliphatic rings. The molecule has 3 heterocycles. The molecule has 4 rings (SSSR count). The molecule has 0 radical (unpaired) electrons. The average molecular weight is 356 g/mol. The van der Waals surface area contributed by atoms with Crippen LogP contribution in [0.15, 0.2) is 24.3 Å². The molecule has 3 atom stereocenters. The number of amides is 3. The second-order valence-electron chi connectivity index (χ2n) is 6.99. The molecule has 7 heteroatoms. The van der Waals surface area contributed by atoms with Crippen molar-refractivity contribution in [3.8, 4) is 0 Å². The van der Waals surface area contributed by atoms with Crippen LogP contribution in [0.2, 0.25) is 0 Å². The second-order valence-corrected chi connectivity index (χ2v) is 6.99. The van der Waals surface area contributed by atoms with E-state index in [2.05, 4.69) is 0 Å². The van der Waals surface area contributed by atoms with Crippen molar-refractivity contribution in [2.75, 3.05) is 7.11 Å². The van der Waals surface area contributed by atoms with E-state index in [-0.39, 0.29) is 11.9 Å². The molecule has 0 aliphatic carbocycles. The minimum absolute atomic E-state index is 0.0354. The minimum Gasteiger partial charge on any atom is -0.467 e. The summed E-state index contributed by atoms with van der Waals surface area (Å²) >= 11 is 0. The maximum Gasteiger partial charge on any atom is 0.328 e. The molecule has 0 saturated carbocycles. The van der Waals surface area contributed by atoms with Gasteiger partial charge < -0.3 is 9.64 Å². The highest BCUT2D eigenvalue weighted by Gasteiger charge is 2.50. The maximum absolute atomic E-state index is 13.3. The monoisotopic (exact) mass is 356 g/mol. The van der Waals surface area contributed by atoms with E-state index in [1.807, 2.05) is 0 Å². The Morgan fingerprint density at radius 1 is 1.00 bits per heavy atom. The van der Waals surface area contributed by atoms with Crippen LogP contribution in [0.1, 0.15) is 52.8 Å². The SMILES string of the molecule is COC(=O)[C@@H]1CC[C@@H]2CCC[C@H](N3C(=O)c4ccccc4C3=O)C(=O)N21. The number of imide groups is 1. The summed E-state index contributed by atoms with van der Waals surface area (Å²) in [7, 11) is 1.31. The zero-order valence-corrected chi connectivity index (χ0v) is 14.5. The van der Waals surface area contributed by atoms with Crippen LogP contribution >= 0.6 is 0 Å². The highest BCUT2D eigenvalue weighted by Crippen LogP contribution is 2.35. The lowest BCUT2D eigenvalue weighted by Crippen LogP contribution is -2.54. The Hall–Kier alpha value is -2.70. The molecule has 3 aliphatic heterocycles. The van der Waals surface area contributed by atoms with E-state index in [9.17, 15) is 19.2 Å². The lowest BCUT2D eigenvalue weighted by molar-refractivity contribution is -0.153. The van der Waals surface area contributed by atoms with Crippen LogP contribution in [-0.2, 0) is 14.3 Å². The van der Waals surface area contributed by atoms with Gasteiger partial charge in [-0.15, -0.1) is 0 Å². The van der Waals surface area contributed by atoms with E-state index >= 15 is 0 Å². The number of fused-ring (bicyclic) bond motifs is 2. The zero-order chi connectivity index (χ0) is 18.4.